The Morgan fingerprint density at radius 1 is 1.15 bits per heavy atom. The van der Waals surface area contributed by atoms with Gasteiger partial charge < -0.3 is 10.2 Å². The maximum Gasteiger partial charge on any atom is 0.284 e. The van der Waals surface area contributed by atoms with Crippen LogP contribution in [0.25, 0.3) is 11.3 Å². The second-order valence-corrected chi connectivity index (χ2v) is 10.8. The molecule has 210 valence electrons. The van der Waals surface area contributed by atoms with Gasteiger partial charge in [-0.1, -0.05) is 6.07 Å². The Morgan fingerprint density at radius 2 is 1.88 bits per heavy atom. The lowest BCUT2D eigenvalue weighted by Crippen LogP contribution is -2.56. The number of halogens is 2. The fourth-order valence-electron chi connectivity index (χ4n) is 5.07. The summed E-state index contributed by atoms with van der Waals surface area (Å²) in [6, 6.07) is 7.28. The molecule has 0 saturated carbocycles. The first-order valence-corrected chi connectivity index (χ1v) is 13.2. The fourth-order valence-corrected chi connectivity index (χ4v) is 5.07. The number of nitrogens with zero attached hydrogens (tertiary/aromatic N) is 8. The molecule has 2 amide bonds. The second-order valence-electron chi connectivity index (χ2n) is 10.8. The van der Waals surface area contributed by atoms with Gasteiger partial charge in [-0.2, -0.15) is 15.5 Å². The highest BCUT2D eigenvalue weighted by Gasteiger charge is 2.37. The van der Waals surface area contributed by atoms with E-state index in [0.717, 1.165) is 25.9 Å². The van der Waals surface area contributed by atoms with Crippen LogP contribution < -0.4 is 5.32 Å². The summed E-state index contributed by atoms with van der Waals surface area (Å²) in [6.45, 7) is 7.82. The zero-order valence-corrected chi connectivity index (χ0v) is 22.6. The van der Waals surface area contributed by atoms with Crippen LogP contribution in [0.4, 0.5) is 14.5 Å². The summed E-state index contributed by atoms with van der Waals surface area (Å²) >= 11 is 0. The van der Waals surface area contributed by atoms with E-state index < -0.39 is 23.6 Å². The minimum Gasteiger partial charge on any atom is -0.343 e. The number of nitriles is 1. The van der Waals surface area contributed by atoms with Crippen LogP contribution in [0.1, 0.15) is 62.3 Å². The molecule has 0 spiro atoms. The van der Waals surface area contributed by atoms with Crippen LogP contribution in [-0.2, 0) is 10.3 Å². The number of nitrogens with one attached hydrogen (secondary N) is 1. The third-order valence-electron chi connectivity index (χ3n) is 7.61. The average Bonchev–Trinajstić information content (AvgIpc) is 3.57. The number of hydrogen-bond acceptors (Lipinski definition) is 7. The van der Waals surface area contributed by atoms with Gasteiger partial charge in [-0.25, -0.2) is 13.8 Å². The topological polar surface area (TPSA) is 125 Å². The summed E-state index contributed by atoms with van der Waals surface area (Å²) in [6.07, 6.45) is 3.59. The van der Waals surface area contributed by atoms with E-state index in [1.54, 1.807) is 45.3 Å². The number of carbonyl (C=O) groups is 2. The van der Waals surface area contributed by atoms with Gasteiger partial charge in [-0.3, -0.25) is 23.9 Å². The number of likely N-dealkylation sites (tertiary alicyclic amines) is 2. The molecule has 2 aliphatic rings. The lowest BCUT2D eigenvalue weighted by molar-refractivity contribution is -0.130. The minimum atomic E-state index is -2.86. The van der Waals surface area contributed by atoms with Crippen molar-refractivity contribution < 1.29 is 18.4 Å². The molecule has 5 heterocycles. The van der Waals surface area contributed by atoms with E-state index in [9.17, 15) is 23.6 Å². The van der Waals surface area contributed by atoms with Gasteiger partial charge in [0.2, 0.25) is 5.91 Å². The zero-order valence-electron chi connectivity index (χ0n) is 22.6. The Balaban J connectivity index is 1.25. The lowest BCUT2D eigenvalue weighted by atomic mass is 9.97. The first-order chi connectivity index (χ1) is 19.1. The standard InChI is InChI=1S/C27H31F2N9O2/c1-17(39)35-9-7-19(8-10-35)36-13-20(14-36)37-15-23(24(34-37)25(28)29)33-26(40)22-6-4-5-21(32-22)18-11-31-38(12-18)27(2,3)16-30/h4-6,11-12,15,19-20,25H,7-10,13-14H2,1-3H3,(H,33,40). The molecule has 3 aromatic heterocycles. The molecule has 0 aliphatic carbocycles. The SMILES string of the molecule is CC(=O)N1CCC(N2CC(n3cc(NC(=O)c4cccc(-c5cnn(C(C)(C)C#N)c5)n4)c(C(F)F)n3)C2)CC1. The molecule has 0 unspecified atom stereocenters. The van der Waals surface area contributed by atoms with Crippen molar-refractivity contribution in [2.75, 3.05) is 31.5 Å². The van der Waals surface area contributed by atoms with Gasteiger partial charge in [0.25, 0.3) is 12.3 Å². The maximum atomic E-state index is 13.8. The van der Waals surface area contributed by atoms with Crippen LogP contribution in [0.3, 0.4) is 0 Å². The molecule has 1 N–H and O–H groups in total. The molecule has 11 nitrogen and oxygen atoms in total. The summed E-state index contributed by atoms with van der Waals surface area (Å²) in [4.78, 5) is 33.1. The number of rotatable bonds is 7. The van der Waals surface area contributed by atoms with E-state index in [1.807, 2.05) is 4.90 Å². The molecule has 2 aliphatic heterocycles. The number of carbonyl (C=O) groups excluding carboxylic acids is 2. The monoisotopic (exact) mass is 551 g/mol. The van der Waals surface area contributed by atoms with Crippen molar-refractivity contribution in [2.24, 2.45) is 0 Å². The molecule has 40 heavy (non-hydrogen) atoms. The van der Waals surface area contributed by atoms with E-state index in [1.165, 1.54) is 21.6 Å². The number of aromatic nitrogens is 5. The fraction of sp³-hybridized carbons (Fsp3) is 0.481. The highest BCUT2D eigenvalue weighted by atomic mass is 19.3. The van der Waals surface area contributed by atoms with E-state index in [-0.39, 0.29) is 23.3 Å². The lowest BCUT2D eigenvalue weighted by Gasteiger charge is -2.47. The number of pyridine rings is 1. The Bertz CT molecular complexity index is 1440. The number of anilines is 1. The zero-order chi connectivity index (χ0) is 28.6. The van der Waals surface area contributed by atoms with Crippen molar-refractivity contribution in [1.82, 2.24) is 34.3 Å². The summed E-state index contributed by atoms with van der Waals surface area (Å²) in [5, 5.41) is 20.2. The molecule has 0 atom stereocenters. The van der Waals surface area contributed by atoms with Gasteiger partial charge in [0, 0.05) is 57.1 Å². The predicted octanol–water partition coefficient (Wildman–Crippen LogP) is 3.46. The van der Waals surface area contributed by atoms with Crippen LogP contribution in [0, 0.1) is 11.3 Å². The van der Waals surface area contributed by atoms with Crippen molar-refractivity contribution in [2.45, 2.75) is 57.7 Å². The van der Waals surface area contributed by atoms with Crippen molar-refractivity contribution in [3.63, 3.8) is 0 Å². The van der Waals surface area contributed by atoms with E-state index in [2.05, 4.69) is 31.5 Å². The Labute approximate surface area is 230 Å². The van der Waals surface area contributed by atoms with Gasteiger partial charge in [-0.15, -0.1) is 0 Å². The maximum absolute atomic E-state index is 13.8. The van der Waals surface area contributed by atoms with Crippen LogP contribution >= 0.6 is 0 Å². The summed E-state index contributed by atoms with van der Waals surface area (Å²) in [5.41, 5.74) is -0.281. The highest BCUT2D eigenvalue weighted by molar-refractivity contribution is 6.03. The Hall–Kier alpha value is -4.18. The summed E-state index contributed by atoms with van der Waals surface area (Å²) in [5.74, 6) is -0.552. The third-order valence-corrected chi connectivity index (χ3v) is 7.61. The number of hydrogen-bond donors (Lipinski definition) is 1. The molecule has 0 radical (unpaired) electrons. The van der Waals surface area contributed by atoms with Crippen molar-refractivity contribution >= 4 is 17.5 Å². The molecule has 0 aromatic carbocycles. The van der Waals surface area contributed by atoms with E-state index >= 15 is 0 Å². The second kappa shape index (κ2) is 10.8. The van der Waals surface area contributed by atoms with Crippen LogP contribution in [0.2, 0.25) is 0 Å². The minimum absolute atomic E-state index is 0.0458. The largest absolute Gasteiger partial charge is 0.343 e. The van der Waals surface area contributed by atoms with E-state index in [0.29, 0.717) is 30.4 Å². The number of alkyl halides is 2. The van der Waals surface area contributed by atoms with Crippen molar-refractivity contribution in [1.29, 1.82) is 5.26 Å². The smallest absolute Gasteiger partial charge is 0.284 e. The van der Waals surface area contributed by atoms with Crippen molar-refractivity contribution in [3.05, 3.63) is 48.2 Å². The van der Waals surface area contributed by atoms with Gasteiger partial charge in [0.1, 0.15) is 11.2 Å². The summed E-state index contributed by atoms with van der Waals surface area (Å²) < 4.78 is 30.7. The first kappa shape index (κ1) is 27.4. The normalized spacial score (nSPS) is 17.1. The molecule has 13 heteroatoms. The van der Waals surface area contributed by atoms with Crippen LogP contribution in [0.15, 0.2) is 36.8 Å². The molecule has 2 saturated heterocycles. The molecule has 0 bridgehead atoms. The predicted molar refractivity (Wildman–Crippen MR) is 141 cm³/mol. The van der Waals surface area contributed by atoms with Gasteiger partial charge in [0.05, 0.1) is 29.7 Å². The molecular formula is C27H31F2N9O2. The molecule has 5 rings (SSSR count). The Kier molecular flexibility index (Phi) is 7.37. The van der Waals surface area contributed by atoms with Crippen LogP contribution in [0.5, 0.6) is 0 Å². The number of piperidine rings is 1. The van der Waals surface area contributed by atoms with E-state index in [4.69, 9.17) is 0 Å². The summed E-state index contributed by atoms with van der Waals surface area (Å²) in [7, 11) is 0. The molecule has 3 aromatic rings. The van der Waals surface area contributed by atoms with Gasteiger partial charge >= 0.3 is 0 Å². The highest BCUT2D eigenvalue weighted by Crippen LogP contribution is 2.32. The third kappa shape index (κ3) is 5.44. The van der Waals surface area contributed by atoms with Crippen LogP contribution in [-0.4, -0.2) is 78.4 Å². The first-order valence-electron chi connectivity index (χ1n) is 13.2. The Morgan fingerprint density at radius 3 is 2.52 bits per heavy atom. The molecular weight excluding hydrogens is 520 g/mol. The average molecular weight is 552 g/mol. The van der Waals surface area contributed by atoms with Gasteiger partial charge in [-0.05, 0) is 38.8 Å². The van der Waals surface area contributed by atoms with Crippen molar-refractivity contribution in [3.8, 4) is 17.3 Å². The quantitative estimate of drug-likeness (QED) is 0.477. The van der Waals surface area contributed by atoms with Gasteiger partial charge in [0.15, 0.2) is 5.69 Å². The molecule has 2 fully saturated rings. The number of amides is 2.